The van der Waals surface area contributed by atoms with E-state index < -0.39 is 0 Å². The molecule has 0 saturated heterocycles. The SMILES string of the molecule is CC1(C)CC(=O)c2c(nc3ccc4nnn5c6ccccc6c2c3c45)C1. The van der Waals surface area contributed by atoms with Crippen LogP contribution in [0.2, 0.25) is 0 Å². The molecule has 0 spiro atoms. The number of hydrogen-bond acceptors (Lipinski definition) is 4. The van der Waals surface area contributed by atoms with Gasteiger partial charge >= 0.3 is 0 Å². The fraction of sp³-hybridized carbons (Fsp3) is 0.238. The number of pyridine rings is 2. The van der Waals surface area contributed by atoms with Gasteiger partial charge in [0.1, 0.15) is 11.0 Å². The van der Waals surface area contributed by atoms with Gasteiger partial charge in [0, 0.05) is 28.1 Å². The van der Waals surface area contributed by atoms with Crippen LogP contribution in [-0.4, -0.2) is 25.6 Å². The number of benzene rings is 2. The third kappa shape index (κ3) is 1.60. The fourth-order valence-electron chi connectivity index (χ4n) is 4.59. The van der Waals surface area contributed by atoms with E-state index in [1.54, 1.807) is 0 Å². The molecule has 3 aromatic heterocycles. The van der Waals surface area contributed by atoms with Crippen molar-refractivity contribution >= 4 is 44.0 Å². The van der Waals surface area contributed by atoms with E-state index in [2.05, 4.69) is 30.2 Å². The Balaban J connectivity index is 1.97. The predicted octanol–water partition coefficient (Wildman–Crippen LogP) is 4.18. The third-order valence-electron chi connectivity index (χ3n) is 5.60. The van der Waals surface area contributed by atoms with Crippen LogP contribution in [0.3, 0.4) is 0 Å². The number of carbonyl (C=O) groups is 1. The summed E-state index contributed by atoms with van der Waals surface area (Å²) in [4.78, 5) is 18.1. The predicted molar refractivity (Wildman–Crippen MR) is 101 cm³/mol. The van der Waals surface area contributed by atoms with Crippen molar-refractivity contribution in [2.75, 3.05) is 0 Å². The van der Waals surface area contributed by atoms with Crippen molar-refractivity contribution in [2.45, 2.75) is 26.7 Å². The molecule has 126 valence electrons. The number of rotatable bonds is 0. The van der Waals surface area contributed by atoms with E-state index in [4.69, 9.17) is 4.98 Å². The largest absolute Gasteiger partial charge is 0.294 e. The van der Waals surface area contributed by atoms with Gasteiger partial charge in [0.2, 0.25) is 0 Å². The number of carbonyl (C=O) groups excluding carboxylic acids is 1. The molecule has 1 aliphatic carbocycles. The Morgan fingerprint density at radius 2 is 1.81 bits per heavy atom. The van der Waals surface area contributed by atoms with Gasteiger partial charge in [-0.15, -0.1) is 5.10 Å². The van der Waals surface area contributed by atoms with E-state index in [9.17, 15) is 4.79 Å². The molecule has 6 rings (SSSR count). The molecule has 0 N–H and O–H groups in total. The first-order valence-electron chi connectivity index (χ1n) is 8.87. The quantitative estimate of drug-likeness (QED) is 0.313. The number of hydrogen-bond donors (Lipinski definition) is 0. The van der Waals surface area contributed by atoms with Crippen LogP contribution < -0.4 is 0 Å². The number of ketones is 1. The summed E-state index contributed by atoms with van der Waals surface area (Å²) in [6.07, 6.45) is 1.37. The summed E-state index contributed by atoms with van der Waals surface area (Å²) in [5, 5.41) is 11.7. The van der Waals surface area contributed by atoms with Crippen molar-refractivity contribution in [1.29, 1.82) is 0 Å². The summed E-state index contributed by atoms with van der Waals surface area (Å²) in [5.74, 6) is 0.188. The molecule has 0 amide bonds. The lowest BCUT2D eigenvalue weighted by Gasteiger charge is -2.30. The Morgan fingerprint density at radius 1 is 1.00 bits per heavy atom. The second kappa shape index (κ2) is 4.36. The van der Waals surface area contributed by atoms with Gasteiger partial charge in [0.15, 0.2) is 5.78 Å². The Kier molecular flexibility index (Phi) is 2.37. The molecule has 0 atom stereocenters. The van der Waals surface area contributed by atoms with Gasteiger partial charge in [-0.05, 0) is 30.0 Å². The lowest BCUT2D eigenvalue weighted by molar-refractivity contribution is 0.0912. The highest BCUT2D eigenvalue weighted by Crippen LogP contribution is 2.42. The summed E-state index contributed by atoms with van der Waals surface area (Å²) in [6.45, 7) is 4.28. The zero-order chi connectivity index (χ0) is 17.6. The molecule has 5 aromatic rings. The van der Waals surface area contributed by atoms with E-state index in [-0.39, 0.29) is 11.2 Å². The molecule has 0 radical (unpaired) electrons. The van der Waals surface area contributed by atoms with Gasteiger partial charge in [-0.1, -0.05) is 37.3 Å². The Labute approximate surface area is 149 Å². The molecule has 0 aliphatic heterocycles. The average Bonchev–Trinajstić information content (AvgIpc) is 3.03. The molecule has 1 aliphatic rings. The zero-order valence-corrected chi connectivity index (χ0v) is 14.6. The van der Waals surface area contributed by atoms with Crippen molar-refractivity contribution in [2.24, 2.45) is 5.41 Å². The van der Waals surface area contributed by atoms with Crippen LogP contribution in [0, 0.1) is 5.41 Å². The molecule has 0 fully saturated rings. The third-order valence-corrected chi connectivity index (χ3v) is 5.60. The minimum Gasteiger partial charge on any atom is -0.294 e. The molecule has 0 saturated carbocycles. The molecule has 26 heavy (non-hydrogen) atoms. The summed E-state index contributed by atoms with van der Waals surface area (Å²) < 4.78 is 1.88. The van der Waals surface area contributed by atoms with Crippen molar-refractivity contribution in [3.05, 3.63) is 47.7 Å². The first kappa shape index (κ1) is 14.1. The standard InChI is InChI=1S/C21H16N4O/c1-21(2)9-14-18(16(26)10-21)17-11-5-3-4-6-15(11)25-20-13(23-24-25)8-7-12(22-14)19(17)20/h3-8H,9-10H2,1-2H3. The Morgan fingerprint density at radius 3 is 2.69 bits per heavy atom. The van der Waals surface area contributed by atoms with Crippen molar-refractivity contribution in [1.82, 2.24) is 19.8 Å². The first-order chi connectivity index (χ1) is 12.5. The minimum absolute atomic E-state index is 0.0565. The van der Waals surface area contributed by atoms with E-state index in [1.165, 1.54) is 0 Å². The van der Waals surface area contributed by atoms with Crippen molar-refractivity contribution in [3.63, 3.8) is 0 Å². The van der Waals surface area contributed by atoms with Gasteiger partial charge in [0.05, 0.1) is 16.7 Å². The van der Waals surface area contributed by atoms with E-state index in [0.29, 0.717) is 6.42 Å². The molecule has 5 heteroatoms. The number of Topliss-reactive ketones (excluding diaryl/α,β-unsaturated/α-hetero) is 1. The molecule has 0 unspecified atom stereocenters. The Hall–Kier alpha value is -3.08. The second-order valence-electron chi connectivity index (χ2n) is 8.10. The maximum absolute atomic E-state index is 13.2. The van der Waals surface area contributed by atoms with Gasteiger partial charge < -0.3 is 0 Å². The molecular formula is C21H16N4O. The fourth-order valence-corrected chi connectivity index (χ4v) is 4.59. The number of aromatic nitrogens is 4. The highest BCUT2D eigenvalue weighted by Gasteiger charge is 2.35. The number of para-hydroxylation sites is 1. The van der Waals surface area contributed by atoms with Crippen LogP contribution in [0.1, 0.15) is 36.3 Å². The average molecular weight is 340 g/mol. The van der Waals surface area contributed by atoms with Gasteiger partial charge in [0.25, 0.3) is 0 Å². The first-order valence-corrected chi connectivity index (χ1v) is 8.87. The zero-order valence-electron chi connectivity index (χ0n) is 14.6. The monoisotopic (exact) mass is 340 g/mol. The summed E-state index contributed by atoms with van der Waals surface area (Å²) in [5.41, 5.74) is 5.32. The molecule has 0 bridgehead atoms. The lowest BCUT2D eigenvalue weighted by atomic mass is 9.74. The molecule has 5 nitrogen and oxygen atoms in total. The van der Waals surface area contributed by atoms with E-state index in [1.807, 2.05) is 34.8 Å². The number of fused-ring (bicyclic) bond motifs is 5. The van der Waals surface area contributed by atoms with Gasteiger partial charge in [-0.25, -0.2) is 4.52 Å². The van der Waals surface area contributed by atoms with Gasteiger partial charge in [-0.2, -0.15) is 0 Å². The number of nitrogens with zero attached hydrogens (tertiary/aromatic N) is 4. The summed E-state index contributed by atoms with van der Waals surface area (Å²) in [6, 6.07) is 12.1. The highest BCUT2D eigenvalue weighted by molar-refractivity contribution is 6.27. The highest BCUT2D eigenvalue weighted by atomic mass is 16.1. The smallest absolute Gasteiger partial charge is 0.165 e. The summed E-state index contributed by atoms with van der Waals surface area (Å²) in [7, 11) is 0. The maximum atomic E-state index is 13.2. The van der Waals surface area contributed by atoms with Crippen LogP contribution >= 0.6 is 0 Å². The maximum Gasteiger partial charge on any atom is 0.165 e. The van der Waals surface area contributed by atoms with Crippen LogP contribution in [0.4, 0.5) is 0 Å². The van der Waals surface area contributed by atoms with Crippen molar-refractivity contribution < 1.29 is 4.79 Å². The van der Waals surface area contributed by atoms with E-state index >= 15 is 0 Å². The van der Waals surface area contributed by atoms with Crippen LogP contribution in [-0.2, 0) is 6.42 Å². The lowest BCUT2D eigenvalue weighted by Crippen LogP contribution is -2.28. The Bertz CT molecular complexity index is 1380. The molecule has 2 aromatic carbocycles. The van der Waals surface area contributed by atoms with Gasteiger partial charge in [-0.3, -0.25) is 9.78 Å². The topological polar surface area (TPSA) is 60.2 Å². The molecular weight excluding hydrogens is 324 g/mol. The molecule has 3 heterocycles. The summed E-state index contributed by atoms with van der Waals surface area (Å²) >= 11 is 0. The van der Waals surface area contributed by atoms with Crippen LogP contribution in [0.5, 0.6) is 0 Å². The minimum atomic E-state index is -0.0565. The second-order valence-corrected chi connectivity index (χ2v) is 8.10. The van der Waals surface area contributed by atoms with E-state index in [0.717, 1.165) is 55.9 Å². The normalized spacial score (nSPS) is 16.9. The van der Waals surface area contributed by atoms with Crippen molar-refractivity contribution in [3.8, 4) is 0 Å². The van der Waals surface area contributed by atoms with Crippen LogP contribution in [0.15, 0.2) is 36.4 Å². The van der Waals surface area contributed by atoms with Crippen LogP contribution in [0.25, 0.3) is 38.2 Å².